The van der Waals surface area contributed by atoms with Gasteiger partial charge in [-0.1, -0.05) is 50.3 Å². The van der Waals surface area contributed by atoms with Gasteiger partial charge in [-0.2, -0.15) is 0 Å². The lowest BCUT2D eigenvalue weighted by Gasteiger charge is -2.23. The Bertz CT molecular complexity index is 645. The molecule has 0 aromatic heterocycles. The summed E-state index contributed by atoms with van der Waals surface area (Å²) in [5, 5.41) is 5.25. The highest BCUT2D eigenvalue weighted by Crippen LogP contribution is 2.08. The van der Waals surface area contributed by atoms with Crippen molar-refractivity contribution < 1.29 is 23.9 Å². The van der Waals surface area contributed by atoms with E-state index >= 15 is 0 Å². The van der Waals surface area contributed by atoms with Crippen molar-refractivity contribution in [2.45, 2.75) is 51.8 Å². The lowest BCUT2D eigenvalue weighted by molar-refractivity contribution is -0.145. The van der Waals surface area contributed by atoms with Crippen LogP contribution in [0.15, 0.2) is 43.0 Å². The summed E-state index contributed by atoms with van der Waals surface area (Å²) in [7, 11) is 1.26. The van der Waals surface area contributed by atoms with E-state index in [4.69, 9.17) is 9.47 Å². The first-order valence-electron chi connectivity index (χ1n) is 9.33. The molecule has 0 aliphatic heterocycles. The maximum absolute atomic E-state index is 12.7. The van der Waals surface area contributed by atoms with Crippen LogP contribution >= 0.6 is 0 Å². The summed E-state index contributed by atoms with van der Waals surface area (Å²) in [6.07, 6.45) is 2.29. The van der Waals surface area contributed by atoms with Crippen LogP contribution in [-0.2, 0) is 25.7 Å². The monoisotopic (exact) mass is 390 g/mol. The highest BCUT2D eigenvalue weighted by Gasteiger charge is 2.27. The fourth-order valence-electron chi connectivity index (χ4n) is 2.56. The van der Waals surface area contributed by atoms with Crippen molar-refractivity contribution in [3.05, 3.63) is 48.6 Å². The molecule has 28 heavy (non-hydrogen) atoms. The maximum atomic E-state index is 12.7. The summed E-state index contributed by atoms with van der Waals surface area (Å²) in [5.74, 6) is -0.843. The standard InChI is InChI=1S/C21H30N2O5/c1-5-6-12-17(20(25)27-4)22-19(24)18(13-15(2)3)23-21(26)28-14-16-10-8-7-9-11-16/h5,7-11,15,17-18H,1,6,12-14H2,2-4H3,(H,22,24)(H,23,26)/t17-,18+/m1/s1. The van der Waals surface area contributed by atoms with E-state index in [1.807, 2.05) is 44.2 Å². The van der Waals surface area contributed by atoms with Gasteiger partial charge in [-0.25, -0.2) is 9.59 Å². The predicted octanol–water partition coefficient (Wildman–Crippen LogP) is 2.95. The topological polar surface area (TPSA) is 93.7 Å². The Balaban J connectivity index is 2.70. The number of esters is 1. The van der Waals surface area contributed by atoms with Crippen LogP contribution in [0.1, 0.15) is 38.7 Å². The van der Waals surface area contributed by atoms with Gasteiger partial charge in [-0.15, -0.1) is 6.58 Å². The van der Waals surface area contributed by atoms with Gasteiger partial charge in [-0.3, -0.25) is 4.79 Å². The van der Waals surface area contributed by atoms with Crippen molar-refractivity contribution in [1.82, 2.24) is 10.6 Å². The number of methoxy groups -OCH3 is 1. The molecule has 0 heterocycles. The average molecular weight is 390 g/mol. The van der Waals surface area contributed by atoms with Crippen LogP contribution in [-0.4, -0.2) is 37.2 Å². The summed E-state index contributed by atoms with van der Waals surface area (Å²) < 4.78 is 9.93. The molecule has 2 N–H and O–H groups in total. The number of carbonyl (C=O) groups excluding carboxylic acids is 3. The van der Waals surface area contributed by atoms with Gasteiger partial charge in [0, 0.05) is 0 Å². The number of rotatable bonds is 11. The van der Waals surface area contributed by atoms with Gasteiger partial charge < -0.3 is 20.1 Å². The van der Waals surface area contributed by atoms with Crippen LogP contribution in [0.5, 0.6) is 0 Å². The summed E-state index contributed by atoms with van der Waals surface area (Å²) in [6, 6.07) is 7.63. The summed E-state index contributed by atoms with van der Waals surface area (Å²) in [5.41, 5.74) is 0.845. The Morgan fingerprint density at radius 2 is 1.79 bits per heavy atom. The predicted molar refractivity (Wildman–Crippen MR) is 106 cm³/mol. The molecule has 0 aliphatic rings. The van der Waals surface area contributed by atoms with E-state index in [1.54, 1.807) is 6.08 Å². The van der Waals surface area contributed by atoms with Crippen molar-refractivity contribution >= 4 is 18.0 Å². The number of hydrogen-bond donors (Lipinski definition) is 2. The second-order valence-electron chi connectivity index (χ2n) is 6.84. The molecule has 0 fully saturated rings. The number of alkyl carbamates (subject to hydrolysis) is 1. The summed E-state index contributed by atoms with van der Waals surface area (Å²) >= 11 is 0. The Morgan fingerprint density at radius 1 is 1.11 bits per heavy atom. The van der Waals surface area contributed by atoms with Crippen molar-refractivity contribution in [1.29, 1.82) is 0 Å². The number of hydrogen-bond acceptors (Lipinski definition) is 5. The Kier molecular flexibility index (Phi) is 10.4. The zero-order valence-electron chi connectivity index (χ0n) is 16.8. The van der Waals surface area contributed by atoms with Crippen molar-refractivity contribution in [2.24, 2.45) is 5.92 Å². The molecule has 154 valence electrons. The second kappa shape index (κ2) is 12.5. The van der Waals surface area contributed by atoms with Gasteiger partial charge >= 0.3 is 12.1 Å². The number of ether oxygens (including phenoxy) is 2. The molecule has 7 heteroatoms. The summed E-state index contributed by atoms with van der Waals surface area (Å²) in [4.78, 5) is 36.7. The first kappa shape index (κ1) is 23.2. The maximum Gasteiger partial charge on any atom is 0.408 e. The van der Waals surface area contributed by atoms with Crippen LogP contribution in [0.2, 0.25) is 0 Å². The van der Waals surface area contributed by atoms with E-state index in [0.717, 1.165) is 5.56 Å². The molecule has 1 aromatic carbocycles. The number of carbonyl (C=O) groups is 3. The van der Waals surface area contributed by atoms with E-state index in [1.165, 1.54) is 7.11 Å². The van der Waals surface area contributed by atoms with E-state index < -0.39 is 30.1 Å². The third-order valence-electron chi connectivity index (χ3n) is 3.99. The van der Waals surface area contributed by atoms with Crippen LogP contribution in [0.3, 0.4) is 0 Å². The van der Waals surface area contributed by atoms with E-state index in [2.05, 4.69) is 17.2 Å². The third-order valence-corrected chi connectivity index (χ3v) is 3.99. The molecule has 0 spiro atoms. The zero-order chi connectivity index (χ0) is 20.9. The minimum absolute atomic E-state index is 0.104. The highest BCUT2D eigenvalue weighted by atomic mass is 16.5. The van der Waals surface area contributed by atoms with Crippen LogP contribution in [0, 0.1) is 5.92 Å². The first-order chi connectivity index (χ1) is 13.4. The molecule has 0 bridgehead atoms. The number of benzene rings is 1. The zero-order valence-corrected chi connectivity index (χ0v) is 16.8. The van der Waals surface area contributed by atoms with Crippen molar-refractivity contribution in [2.75, 3.05) is 7.11 Å². The molecule has 0 aliphatic carbocycles. The van der Waals surface area contributed by atoms with Gasteiger partial charge in [-0.05, 0) is 30.7 Å². The molecule has 7 nitrogen and oxygen atoms in total. The minimum atomic E-state index is -0.820. The molecule has 0 unspecified atom stereocenters. The van der Waals surface area contributed by atoms with Gasteiger partial charge in [0.05, 0.1) is 7.11 Å². The van der Waals surface area contributed by atoms with Gasteiger partial charge in [0.15, 0.2) is 0 Å². The summed E-state index contributed by atoms with van der Waals surface area (Å²) in [6.45, 7) is 7.60. The Hall–Kier alpha value is -2.83. The Labute approximate surface area is 166 Å². The number of nitrogens with one attached hydrogen (secondary N) is 2. The molecule has 1 rings (SSSR count). The smallest absolute Gasteiger partial charge is 0.408 e. The second-order valence-corrected chi connectivity index (χ2v) is 6.84. The lowest BCUT2D eigenvalue weighted by Crippen LogP contribution is -2.52. The van der Waals surface area contributed by atoms with E-state index in [9.17, 15) is 14.4 Å². The molecule has 0 saturated carbocycles. The third kappa shape index (κ3) is 8.70. The quantitative estimate of drug-likeness (QED) is 0.448. The SMILES string of the molecule is C=CCC[C@@H](NC(=O)[C@H](CC(C)C)NC(=O)OCc1ccccc1)C(=O)OC. The molecular weight excluding hydrogens is 360 g/mol. The molecule has 0 radical (unpaired) electrons. The van der Waals surface area contributed by atoms with Crippen LogP contribution < -0.4 is 10.6 Å². The molecule has 0 saturated heterocycles. The number of allylic oxidation sites excluding steroid dienone is 1. The number of amides is 2. The molecule has 2 amide bonds. The normalized spacial score (nSPS) is 12.6. The van der Waals surface area contributed by atoms with Crippen molar-refractivity contribution in [3.8, 4) is 0 Å². The largest absolute Gasteiger partial charge is 0.467 e. The van der Waals surface area contributed by atoms with Crippen molar-refractivity contribution in [3.63, 3.8) is 0 Å². The van der Waals surface area contributed by atoms with E-state index in [-0.39, 0.29) is 12.5 Å². The minimum Gasteiger partial charge on any atom is -0.467 e. The van der Waals surface area contributed by atoms with E-state index in [0.29, 0.717) is 19.3 Å². The van der Waals surface area contributed by atoms with Gasteiger partial charge in [0.25, 0.3) is 0 Å². The average Bonchev–Trinajstić information content (AvgIpc) is 2.68. The fraction of sp³-hybridized carbons (Fsp3) is 0.476. The van der Waals surface area contributed by atoms with Gasteiger partial charge in [0.1, 0.15) is 18.7 Å². The fourth-order valence-corrected chi connectivity index (χ4v) is 2.56. The first-order valence-corrected chi connectivity index (χ1v) is 9.33. The molecular formula is C21H30N2O5. The van der Waals surface area contributed by atoms with Crippen LogP contribution in [0.25, 0.3) is 0 Å². The molecule has 1 aromatic rings. The Morgan fingerprint density at radius 3 is 2.36 bits per heavy atom. The lowest BCUT2D eigenvalue weighted by atomic mass is 10.0. The molecule has 2 atom stereocenters. The van der Waals surface area contributed by atoms with Crippen LogP contribution in [0.4, 0.5) is 4.79 Å². The highest BCUT2D eigenvalue weighted by molar-refractivity contribution is 5.89. The van der Waals surface area contributed by atoms with Gasteiger partial charge in [0.2, 0.25) is 5.91 Å².